The van der Waals surface area contributed by atoms with Crippen LogP contribution in [0.4, 0.5) is 0 Å². The maximum absolute atomic E-state index is 13.3. The van der Waals surface area contributed by atoms with Gasteiger partial charge in [0, 0.05) is 18.7 Å². The van der Waals surface area contributed by atoms with Gasteiger partial charge in [-0.2, -0.15) is 0 Å². The predicted molar refractivity (Wildman–Crippen MR) is 128 cm³/mol. The van der Waals surface area contributed by atoms with Crippen LogP contribution in [0.2, 0.25) is 10.0 Å². The van der Waals surface area contributed by atoms with Crippen LogP contribution < -0.4 is 16.0 Å². The molecule has 2 heterocycles. The Hall–Kier alpha value is -3.07. The SMILES string of the molecule is COCCn1cnc2c1c(=O)n(CCOc1ccc(Cl)cc1Cl)c(=O)n2Cc1ccccc1. The molecule has 0 radical (unpaired) electrons. The highest BCUT2D eigenvalue weighted by atomic mass is 35.5. The third-order valence-corrected chi connectivity index (χ3v) is 5.70. The molecule has 2 aromatic heterocycles. The van der Waals surface area contributed by atoms with Gasteiger partial charge >= 0.3 is 5.69 Å². The van der Waals surface area contributed by atoms with E-state index in [0.717, 1.165) is 5.56 Å². The summed E-state index contributed by atoms with van der Waals surface area (Å²) in [5, 5.41) is 0.839. The van der Waals surface area contributed by atoms with Crippen molar-refractivity contribution in [3.05, 3.63) is 91.3 Å². The molecule has 0 atom stereocenters. The number of fused-ring (bicyclic) bond motifs is 1. The summed E-state index contributed by atoms with van der Waals surface area (Å²) in [6.07, 6.45) is 1.56. The highest BCUT2D eigenvalue weighted by Gasteiger charge is 2.18. The zero-order valence-electron chi connectivity index (χ0n) is 17.9. The van der Waals surface area contributed by atoms with Crippen molar-refractivity contribution in [2.45, 2.75) is 19.6 Å². The Morgan fingerprint density at radius 1 is 0.970 bits per heavy atom. The molecule has 0 aliphatic carbocycles. The van der Waals surface area contributed by atoms with Crippen molar-refractivity contribution in [2.75, 3.05) is 20.3 Å². The van der Waals surface area contributed by atoms with Crippen molar-refractivity contribution in [1.82, 2.24) is 18.7 Å². The van der Waals surface area contributed by atoms with E-state index in [1.54, 1.807) is 36.2 Å². The smallest absolute Gasteiger partial charge is 0.333 e. The van der Waals surface area contributed by atoms with Crippen molar-refractivity contribution < 1.29 is 9.47 Å². The third-order valence-electron chi connectivity index (χ3n) is 5.17. The molecule has 0 saturated carbocycles. The van der Waals surface area contributed by atoms with Gasteiger partial charge in [0.2, 0.25) is 0 Å². The first-order valence-electron chi connectivity index (χ1n) is 10.3. The van der Waals surface area contributed by atoms with Gasteiger partial charge < -0.3 is 14.0 Å². The maximum Gasteiger partial charge on any atom is 0.333 e. The van der Waals surface area contributed by atoms with Gasteiger partial charge in [0.1, 0.15) is 12.4 Å². The van der Waals surface area contributed by atoms with Gasteiger partial charge in [-0.25, -0.2) is 9.78 Å². The monoisotopic (exact) mass is 488 g/mol. The second-order valence-electron chi connectivity index (χ2n) is 7.34. The quantitative estimate of drug-likeness (QED) is 0.360. The number of nitrogens with zero attached hydrogens (tertiary/aromatic N) is 4. The molecule has 10 heteroatoms. The molecule has 0 fully saturated rings. The highest BCUT2D eigenvalue weighted by Crippen LogP contribution is 2.27. The first-order valence-corrected chi connectivity index (χ1v) is 11.0. The minimum atomic E-state index is -0.459. The van der Waals surface area contributed by atoms with Crippen LogP contribution in [-0.4, -0.2) is 39.0 Å². The first-order chi connectivity index (χ1) is 16.0. The van der Waals surface area contributed by atoms with Crippen LogP contribution in [0.5, 0.6) is 5.75 Å². The average molecular weight is 489 g/mol. The van der Waals surface area contributed by atoms with Crippen LogP contribution in [-0.2, 0) is 24.4 Å². The van der Waals surface area contributed by atoms with Crippen molar-refractivity contribution in [2.24, 2.45) is 0 Å². The topological polar surface area (TPSA) is 80.3 Å². The minimum Gasteiger partial charge on any atom is -0.490 e. The Balaban J connectivity index is 1.72. The number of rotatable bonds is 9. The molecule has 0 N–H and O–H groups in total. The Morgan fingerprint density at radius 2 is 1.76 bits per heavy atom. The number of hydrogen-bond donors (Lipinski definition) is 0. The lowest BCUT2D eigenvalue weighted by atomic mass is 10.2. The van der Waals surface area contributed by atoms with Crippen LogP contribution in [0.25, 0.3) is 11.2 Å². The van der Waals surface area contributed by atoms with E-state index < -0.39 is 11.2 Å². The molecule has 0 bridgehead atoms. The van der Waals surface area contributed by atoms with E-state index in [0.29, 0.717) is 40.1 Å². The number of benzene rings is 2. The van der Waals surface area contributed by atoms with Gasteiger partial charge in [0.25, 0.3) is 5.56 Å². The lowest BCUT2D eigenvalue weighted by Gasteiger charge is -2.14. The molecule has 4 rings (SSSR count). The number of halogens is 2. The van der Waals surface area contributed by atoms with Crippen molar-refractivity contribution >= 4 is 34.4 Å². The van der Waals surface area contributed by atoms with E-state index in [2.05, 4.69) is 4.98 Å². The fraction of sp³-hybridized carbons (Fsp3) is 0.261. The van der Waals surface area contributed by atoms with E-state index in [1.165, 1.54) is 9.13 Å². The lowest BCUT2D eigenvalue weighted by molar-refractivity contribution is 0.188. The zero-order chi connectivity index (χ0) is 23.4. The molecular weight excluding hydrogens is 467 g/mol. The molecule has 8 nitrogen and oxygen atoms in total. The lowest BCUT2D eigenvalue weighted by Crippen LogP contribution is -2.42. The van der Waals surface area contributed by atoms with Crippen molar-refractivity contribution in [1.29, 1.82) is 0 Å². The molecule has 33 heavy (non-hydrogen) atoms. The van der Waals surface area contributed by atoms with Crippen LogP contribution in [0.15, 0.2) is 64.4 Å². The van der Waals surface area contributed by atoms with E-state index >= 15 is 0 Å². The van der Waals surface area contributed by atoms with Gasteiger partial charge in [-0.1, -0.05) is 53.5 Å². The molecule has 0 saturated heterocycles. The summed E-state index contributed by atoms with van der Waals surface area (Å²) in [6.45, 7) is 1.22. The van der Waals surface area contributed by atoms with E-state index in [9.17, 15) is 9.59 Å². The van der Waals surface area contributed by atoms with Crippen molar-refractivity contribution in [3.63, 3.8) is 0 Å². The van der Waals surface area contributed by atoms with E-state index in [4.69, 9.17) is 32.7 Å². The van der Waals surface area contributed by atoms with Gasteiger partial charge in [-0.3, -0.25) is 13.9 Å². The first kappa shape index (κ1) is 23.1. The second-order valence-corrected chi connectivity index (χ2v) is 8.18. The summed E-state index contributed by atoms with van der Waals surface area (Å²) in [5.41, 5.74) is 0.703. The minimum absolute atomic E-state index is 0.0385. The van der Waals surface area contributed by atoms with Crippen molar-refractivity contribution in [3.8, 4) is 5.75 Å². The van der Waals surface area contributed by atoms with Crippen LogP contribution in [0.3, 0.4) is 0 Å². The fourth-order valence-corrected chi connectivity index (χ4v) is 4.01. The highest BCUT2D eigenvalue weighted by molar-refractivity contribution is 6.35. The number of ether oxygens (including phenoxy) is 2. The largest absolute Gasteiger partial charge is 0.490 e. The van der Waals surface area contributed by atoms with Crippen LogP contribution in [0.1, 0.15) is 5.56 Å². The Kier molecular flexibility index (Phi) is 7.17. The molecule has 0 aliphatic heterocycles. The summed E-state index contributed by atoms with van der Waals surface area (Å²) in [5.74, 6) is 0.421. The molecule has 0 aliphatic rings. The van der Waals surface area contributed by atoms with E-state index in [-0.39, 0.29) is 19.7 Å². The molecule has 2 aromatic carbocycles. The molecule has 172 valence electrons. The summed E-state index contributed by atoms with van der Waals surface area (Å²) in [7, 11) is 1.59. The molecular formula is C23H22Cl2N4O4. The molecule has 4 aromatic rings. The third kappa shape index (κ3) is 4.98. The van der Waals surface area contributed by atoms with Crippen LogP contribution >= 0.6 is 23.2 Å². The van der Waals surface area contributed by atoms with E-state index in [1.807, 2.05) is 30.3 Å². The fourth-order valence-electron chi connectivity index (χ4n) is 3.54. The number of hydrogen-bond acceptors (Lipinski definition) is 5. The Bertz CT molecular complexity index is 1380. The average Bonchev–Trinajstić information content (AvgIpc) is 3.23. The van der Waals surface area contributed by atoms with Crippen LogP contribution in [0, 0.1) is 0 Å². The predicted octanol–water partition coefficient (Wildman–Crippen LogP) is 3.44. The number of methoxy groups -OCH3 is 1. The van der Waals surface area contributed by atoms with Gasteiger partial charge in [-0.15, -0.1) is 0 Å². The Labute approximate surface area is 199 Å². The summed E-state index contributed by atoms with van der Waals surface area (Å²) in [4.78, 5) is 31.0. The summed E-state index contributed by atoms with van der Waals surface area (Å²) >= 11 is 12.1. The second kappa shape index (κ2) is 10.2. The summed E-state index contributed by atoms with van der Waals surface area (Å²) in [6, 6.07) is 14.4. The maximum atomic E-state index is 13.3. The molecule has 0 spiro atoms. The molecule has 0 unspecified atom stereocenters. The normalized spacial score (nSPS) is 11.2. The standard InChI is InChI=1S/C23H22Cl2N4O4/c1-32-11-9-27-15-26-21-20(27)22(30)28(10-12-33-19-8-7-17(24)13-18(19)25)23(31)29(21)14-16-5-3-2-4-6-16/h2-8,13,15H,9-12,14H2,1H3. The zero-order valence-corrected chi connectivity index (χ0v) is 19.4. The number of aromatic nitrogens is 4. The Morgan fingerprint density at radius 3 is 2.48 bits per heavy atom. The van der Waals surface area contributed by atoms with Gasteiger partial charge in [0.05, 0.1) is 31.0 Å². The van der Waals surface area contributed by atoms with Gasteiger partial charge in [0.15, 0.2) is 11.2 Å². The number of imidazole rings is 1. The summed E-state index contributed by atoms with van der Waals surface area (Å²) < 4.78 is 15.2. The van der Waals surface area contributed by atoms with Gasteiger partial charge in [-0.05, 0) is 23.8 Å². The molecule has 0 amide bonds.